The number of nitrogens with one attached hydrogen (secondary N) is 1. The zero-order valence-electron chi connectivity index (χ0n) is 12.9. The van der Waals surface area contributed by atoms with Gasteiger partial charge in [0.25, 0.3) is 0 Å². The van der Waals surface area contributed by atoms with Crippen molar-refractivity contribution >= 4 is 12.0 Å². The number of carbonyl (C=O) groups is 1. The first-order chi connectivity index (χ1) is 10.6. The topological polar surface area (TPSA) is 94.4 Å². The van der Waals surface area contributed by atoms with Gasteiger partial charge in [0.2, 0.25) is 5.95 Å². The normalized spacial score (nSPS) is 14.6. The molecule has 1 aromatic heterocycles. The number of carbonyl (C=O) groups excluding carboxylic acids is 1. The summed E-state index contributed by atoms with van der Waals surface area (Å²) in [6.07, 6.45) is 0. The summed E-state index contributed by atoms with van der Waals surface area (Å²) in [6.45, 7) is 5.32. The summed E-state index contributed by atoms with van der Waals surface area (Å²) in [5.74, 6) is 0.552. The van der Waals surface area contributed by atoms with Crippen LogP contribution in [0, 0.1) is 18.3 Å². The summed E-state index contributed by atoms with van der Waals surface area (Å²) in [7, 11) is 1.60. The van der Waals surface area contributed by atoms with E-state index in [0.29, 0.717) is 51.0 Å². The molecular weight excluding hydrogens is 284 g/mol. The fraction of sp³-hybridized carbons (Fsp3) is 0.571. The quantitative estimate of drug-likeness (QED) is 0.795. The fourth-order valence-corrected chi connectivity index (χ4v) is 2.23. The lowest BCUT2D eigenvalue weighted by Gasteiger charge is -2.34. The van der Waals surface area contributed by atoms with Gasteiger partial charge in [-0.1, -0.05) is 0 Å². The molecule has 1 aromatic rings. The molecule has 118 valence electrons. The van der Waals surface area contributed by atoms with Crippen molar-refractivity contribution in [2.45, 2.75) is 6.92 Å². The van der Waals surface area contributed by atoms with Gasteiger partial charge < -0.3 is 19.9 Å². The third-order valence-corrected chi connectivity index (χ3v) is 3.39. The first-order valence-corrected chi connectivity index (χ1v) is 7.16. The molecule has 1 saturated heterocycles. The van der Waals surface area contributed by atoms with Crippen LogP contribution in [-0.4, -0.2) is 67.3 Å². The molecule has 2 amide bonds. The first-order valence-electron chi connectivity index (χ1n) is 7.16. The van der Waals surface area contributed by atoms with Crippen LogP contribution in [0.5, 0.6) is 0 Å². The number of hydrogen-bond acceptors (Lipinski definition) is 6. The third kappa shape index (κ3) is 4.05. The van der Waals surface area contributed by atoms with Crippen molar-refractivity contribution in [1.82, 2.24) is 20.2 Å². The molecule has 8 heteroatoms. The summed E-state index contributed by atoms with van der Waals surface area (Å²) < 4.78 is 4.90. The molecule has 0 spiro atoms. The summed E-state index contributed by atoms with van der Waals surface area (Å²) >= 11 is 0. The number of piperazine rings is 1. The highest BCUT2D eigenvalue weighted by Gasteiger charge is 2.22. The predicted molar refractivity (Wildman–Crippen MR) is 80.5 cm³/mol. The van der Waals surface area contributed by atoms with Crippen molar-refractivity contribution in [1.29, 1.82) is 5.26 Å². The Kier molecular flexibility index (Phi) is 5.49. The van der Waals surface area contributed by atoms with Crippen LogP contribution in [0.3, 0.4) is 0 Å². The second kappa shape index (κ2) is 7.56. The molecule has 0 bridgehead atoms. The molecule has 1 aliphatic rings. The average molecular weight is 304 g/mol. The molecule has 0 atom stereocenters. The Morgan fingerprint density at radius 1 is 1.41 bits per heavy atom. The Labute approximate surface area is 129 Å². The van der Waals surface area contributed by atoms with E-state index in [2.05, 4.69) is 15.3 Å². The van der Waals surface area contributed by atoms with Crippen LogP contribution in [0.1, 0.15) is 11.4 Å². The smallest absolute Gasteiger partial charge is 0.317 e. The minimum absolute atomic E-state index is 0.0837. The Balaban J connectivity index is 1.91. The van der Waals surface area contributed by atoms with Crippen LogP contribution in [0.25, 0.3) is 0 Å². The molecular formula is C14H20N6O2. The monoisotopic (exact) mass is 304 g/mol. The van der Waals surface area contributed by atoms with Crippen molar-refractivity contribution in [2.75, 3.05) is 51.3 Å². The second-order valence-corrected chi connectivity index (χ2v) is 5.01. The van der Waals surface area contributed by atoms with E-state index >= 15 is 0 Å². The number of nitriles is 1. The molecule has 0 saturated carbocycles. The predicted octanol–water partition coefficient (Wildman–Crippen LogP) is 0.135. The van der Waals surface area contributed by atoms with Crippen molar-refractivity contribution in [3.8, 4) is 6.07 Å². The Bertz CT molecular complexity index is 563. The molecule has 22 heavy (non-hydrogen) atoms. The van der Waals surface area contributed by atoms with Crippen molar-refractivity contribution in [3.05, 3.63) is 17.5 Å². The van der Waals surface area contributed by atoms with Gasteiger partial charge in [-0.3, -0.25) is 0 Å². The van der Waals surface area contributed by atoms with Gasteiger partial charge in [-0.15, -0.1) is 0 Å². The molecule has 2 heterocycles. The van der Waals surface area contributed by atoms with E-state index in [1.165, 1.54) is 0 Å². The van der Waals surface area contributed by atoms with Gasteiger partial charge in [0.05, 0.1) is 6.61 Å². The summed E-state index contributed by atoms with van der Waals surface area (Å²) in [5, 5.41) is 11.8. The van der Waals surface area contributed by atoms with Crippen molar-refractivity contribution in [3.63, 3.8) is 0 Å². The maximum absolute atomic E-state index is 11.9. The number of rotatable bonds is 4. The van der Waals surface area contributed by atoms with E-state index in [1.54, 1.807) is 18.1 Å². The minimum atomic E-state index is -0.0837. The van der Waals surface area contributed by atoms with Crippen LogP contribution in [0.15, 0.2) is 6.07 Å². The number of nitrogens with zero attached hydrogens (tertiary/aromatic N) is 5. The highest BCUT2D eigenvalue weighted by Crippen LogP contribution is 2.13. The van der Waals surface area contributed by atoms with Crippen LogP contribution < -0.4 is 10.2 Å². The first kappa shape index (κ1) is 16.0. The van der Waals surface area contributed by atoms with Crippen LogP contribution in [0.4, 0.5) is 10.7 Å². The van der Waals surface area contributed by atoms with Crippen molar-refractivity contribution < 1.29 is 9.53 Å². The number of hydrogen-bond donors (Lipinski definition) is 1. The average Bonchev–Trinajstić information content (AvgIpc) is 2.54. The molecule has 0 aromatic carbocycles. The van der Waals surface area contributed by atoms with Gasteiger partial charge in [-0.2, -0.15) is 5.26 Å². The number of ether oxygens (including phenoxy) is 1. The maximum atomic E-state index is 11.9. The molecule has 8 nitrogen and oxygen atoms in total. The van der Waals surface area contributed by atoms with Gasteiger partial charge in [0, 0.05) is 45.5 Å². The lowest BCUT2D eigenvalue weighted by atomic mass is 10.3. The molecule has 2 rings (SSSR count). The van der Waals surface area contributed by atoms with E-state index in [9.17, 15) is 4.79 Å². The summed E-state index contributed by atoms with van der Waals surface area (Å²) in [4.78, 5) is 24.3. The van der Waals surface area contributed by atoms with E-state index in [1.807, 2.05) is 17.9 Å². The van der Waals surface area contributed by atoms with Gasteiger partial charge in [-0.05, 0) is 13.0 Å². The summed E-state index contributed by atoms with van der Waals surface area (Å²) in [5.41, 5.74) is 1.13. The number of methoxy groups -OCH3 is 1. The molecule has 1 N–H and O–H groups in total. The standard InChI is InChI=1S/C14H20N6O2/c1-11-9-12(10-15)18-13(17-11)19-4-6-20(7-5-19)14(21)16-3-8-22-2/h9H,3-8H2,1-2H3,(H,16,21). The van der Waals surface area contributed by atoms with Crippen LogP contribution >= 0.6 is 0 Å². The molecule has 1 fully saturated rings. The second-order valence-electron chi connectivity index (χ2n) is 5.01. The molecule has 1 aliphatic heterocycles. The maximum Gasteiger partial charge on any atom is 0.317 e. The molecule has 0 aliphatic carbocycles. The van der Waals surface area contributed by atoms with E-state index in [-0.39, 0.29) is 6.03 Å². The lowest BCUT2D eigenvalue weighted by molar-refractivity contribution is 0.177. The zero-order chi connectivity index (χ0) is 15.9. The lowest BCUT2D eigenvalue weighted by Crippen LogP contribution is -2.52. The highest BCUT2D eigenvalue weighted by atomic mass is 16.5. The highest BCUT2D eigenvalue weighted by molar-refractivity contribution is 5.74. The van der Waals surface area contributed by atoms with E-state index in [4.69, 9.17) is 10.00 Å². The van der Waals surface area contributed by atoms with Crippen LogP contribution in [0.2, 0.25) is 0 Å². The van der Waals surface area contributed by atoms with Gasteiger partial charge >= 0.3 is 6.03 Å². The SMILES string of the molecule is COCCNC(=O)N1CCN(c2nc(C)cc(C#N)n2)CC1. The Morgan fingerprint density at radius 2 is 2.14 bits per heavy atom. The largest absolute Gasteiger partial charge is 0.383 e. The zero-order valence-corrected chi connectivity index (χ0v) is 12.9. The van der Waals surface area contributed by atoms with Crippen molar-refractivity contribution in [2.24, 2.45) is 0 Å². The number of urea groups is 1. The van der Waals surface area contributed by atoms with Gasteiger partial charge in [0.15, 0.2) is 0 Å². The minimum Gasteiger partial charge on any atom is -0.383 e. The summed E-state index contributed by atoms with van der Waals surface area (Å²) in [6, 6.07) is 3.61. The number of amides is 2. The molecule has 0 radical (unpaired) electrons. The number of aryl methyl sites for hydroxylation is 1. The van der Waals surface area contributed by atoms with Gasteiger partial charge in [-0.25, -0.2) is 14.8 Å². The number of aromatic nitrogens is 2. The third-order valence-electron chi connectivity index (χ3n) is 3.39. The fourth-order valence-electron chi connectivity index (χ4n) is 2.23. The van der Waals surface area contributed by atoms with E-state index in [0.717, 1.165) is 5.69 Å². The molecule has 0 unspecified atom stereocenters. The Hall–Kier alpha value is -2.40. The Morgan fingerprint density at radius 3 is 2.77 bits per heavy atom. The number of anilines is 1. The van der Waals surface area contributed by atoms with Gasteiger partial charge in [0.1, 0.15) is 11.8 Å². The van der Waals surface area contributed by atoms with Crippen LogP contribution in [-0.2, 0) is 4.74 Å². The van der Waals surface area contributed by atoms with E-state index < -0.39 is 0 Å².